The molecule has 1 rings (SSSR count). The number of aromatic nitrogens is 2. The Kier molecular flexibility index (Phi) is 1.97. The van der Waals surface area contributed by atoms with E-state index in [0.29, 0.717) is 5.69 Å². The highest BCUT2D eigenvalue weighted by molar-refractivity contribution is 7.88. The minimum atomic E-state index is -3.44. The fourth-order valence-corrected chi connectivity index (χ4v) is 1.31. The van der Waals surface area contributed by atoms with Crippen LogP contribution in [-0.4, -0.2) is 18.0 Å². The predicted octanol–water partition coefficient (Wildman–Crippen LogP) is -0.791. The molecule has 0 amide bonds. The molecule has 62 valence electrons. The highest BCUT2D eigenvalue weighted by Crippen LogP contribution is 1.97. The summed E-state index contributed by atoms with van der Waals surface area (Å²) < 4.78 is 22.7. The number of aryl methyl sites for hydroxylation is 1. The number of imidazole rings is 1. The number of sulfonamides is 1. The molecule has 0 aliphatic rings. The zero-order chi connectivity index (χ0) is 8.48. The molecule has 5 nitrogen and oxygen atoms in total. The van der Waals surface area contributed by atoms with Gasteiger partial charge in [-0.05, 0) is 0 Å². The van der Waals surface area contributed by atoms with Crippen molar-refractivity contribution in [3.05, 3.63) is 18.2 Å². The Bertz CT molecular complexity index is 340. The van der Waals surface area contributed by atoms with Crippen molar-refractivity contribution in [1.29, 1.82) is 0 Å². The van der Waals surface area contributed by atoms with Gasteiger partial charge in [0, 0.05) is 13.2 Å². The molecular weight excluding hydrogens is 166 g/mol. The average molecular weight is 175 g/mol. The van der Waals surface area contributed by atoms with Gasteiger partial charge in [0.1, 0.15) is 5.75 Å². The first-order valence-electron chi connectivity index (χ1n) is 2.95. The van der Waals surface area contributed by atoms with E-state index in [0.717, 1.165) is 0 Å². The van der Waals surface area contributed by atoms with Crippen molar-refractivity contribution in [3.63, 3.8) is 0 Å². The number of primary sulfonamides is 1. The van der Waals surface area contributed by atoms with Gasteiger partial charge in [-0.3, -0.25) is 0 Å². The molecule has 1 heterocycles. The van der Waals surface area contributed by atoms with Crippen LogP contribution in [0.25, 0.3) is 0 Å². The van der Waals surface area contributed by atoms with Crippen LogP contribution in [0.15, 0.2) is 12.5 Å². The predicted molar refractivity (Wildman–Crippen MR) is 40.0 cm³/mol. The lowest BCUT2D eigenvalue weighted by atomic mass is 10.6. The van der Waals surface area contributed by atoms with Crippen LogP contribution in [0, 0.1) is 0 Å². The minimum absolute atomic E-state index is 0.201. The first-order chi connectivity index (χ1) is 4.97. The Hall–Kier alpha value is -0.880. The van der Waals surface area contributed by atoms with Crippen LogP contribution in [0.5, 0.6) is 0 Å². The Morgan fingerprint density at radius 1 is 1.73 bits per heavy atom. The second kappa shape index (κ2) is 2.63. The van der Waals surface area contributed by atoms with Crippen LogP contribution in [-0.2, 0) is 22.8 Å². The third-order valence-corrected chi connectivity index (χ3v) is 1.81. The lowest BCUT2D eigenvalue weighted by Crippen LogP contribution is -2.14. The Morgan fingerprint density at radius 2 is 2.36 bits per heavy atom. The molecular formula is C5H9N3O2S. The molecule has 0 aliphatic heterocycles. The Morgan fingerprint density at radius 3 is 2.73 bits per heavy atom. The van der Waals surface area contributed by atoms with Crippen molar-refractivity contribution in [2.24, 2.45) is 12.2 Å². The molecule has 6 heteroatoms. The second-order valence-corrected chi connectivity index (χ2v) is 3.95. The molecule has 0 atom stereocenters. The topological polar surface area (TPSA) is 78.0 Å². The van der Waals surface area contributed by atoms with Crippen molar-refractivity contribution in [2.75, 3.05) is 0 Å². The molecule has 0 saturated heterocycles. The third-order valence-electron chi connectivity index (χ3n) is 1.11. The van der Waals surface area contributed by atoms with E-state index in [2.05, 4.69) is 4.98 Å². The highest BCUT2D eigenvalue weighted by atomic mass is 32.2. The van der Waals surface area contributed by atoms with Crippen LogP contribution >= 0.6 is 0 Å². The fourth-order valence-electron chi connectivity index (χ4n) is 0.748. The van der Waals surface area contributed by atoms with Crippen LogP contribution < -0.4 is 5.14 Å². The normalized spacial score (nSPS) is 11.8. The van der Waals surface area contributed by atoms with Crippen molar-refractivity contribution in [3.8, 4) is 0 Å². The summed E-state index contributed by atoms with van der Waals surface area (Å²) in [6, 6.07) is 0. The summed E-state index contributed by atoms with van der Waals surface area (Å²) in [6.45, 7) is 0. The van der Waals surface area contributed by atoms with Gasteiger partial charge < -0.3 is 4.57 Å². The van der Waals surface area contributed by atoms with E-state index in [4.69, 9.17) is 5.14 Å². The number of hydrogen-bond acceptors (Lipinski definition) is 3. The molecule has 0 aliphatic carbocycles. The van der Waals surface area contributed by atoms with Crippen LogP contribution in [0.2, 0.25) is 0 Å². The summed E-state index contributed by atoms with van der Waals surface area (Å²) in [5.74, 6) is -0.201. The molecule has 0 bridgehead atoms. The van der Waals surface area contributed by atoms with Crippen LogP contribution in [0.3, 0.4) is 0 Å². The molecule has 1 aromatic heterocycles. The van der Waals surface area contributed by atoms with E-state index >= 15 is 0 Å². The molecule has 0 fully saturated rings. The minimum Gasteiger partial charge on any atom is -0.340 e. The molecule has 2 N–H and O–H groups in total. The van der Waals surface area contributed by atoms with Crippen LogP contribution in [0.1, 0.15) is 5.69 Å². The van der Waals surface area contributed by atoms with Crippen molar-refractivity contribution in [2.45, 2.75) is 5.75 Å². The maximum absolute atomic E-state index is 10.5. The van der Waals surface area contributed by atoms with Crippen molar-refractivity contribution < 1.29 is 8.42 Å². The van der Waals surface area contributed by atoms with E-state index < -0.39 is 10.0 Å². The fraction of sp³-hybridized carbons (Fsp3) is 0.400. The monoisotopic (exact) mass is 175 g/mol. The largest absolute Gasteiger partial charge is 0.340 e. The summed E-state index contributed by atoms with van der Waals surface area (Å²) in [5.41, 5.74) is 0.468. The molecule has 0 saturated carbocycles. The van der Waals surface area contributed by atoms with E-state index in [1.54, 1.807) is 17.8 Å². The van der Waals surface area contributed by atoms with Gasteiger partial charge in [0.05, 0.1) is 12.0 Å². The van der Waals surface area contributed by atoms with Crippen molar-refractivity contribution >= 4 is 10.0 Å². The lowest BCUT2D eigenvalue weighted by molar-refractivity contribution is 0.596. The first kappa shape index (κ1) is 8.22. The average Bonchev–Trinajstić information content (AvgIpc) is 2.10. The number of rotatable bonds is 2. The summed E-state index contributed by atoms with van der Waals surface area (Å²) in [7, 11) is -1.68. The maximum Gasteiger partial charge on any atom is 0.214 e. The number of nitrogens with two attached hydrogens (primary N) is 1. The molecule has 1 aromatic rings. The van der Waals surface area contributed by atoms with Gasteiger partial charge in [-0.2, -0.15) is 0 Å². The summed E-state index contributed by atoms with van der Waals surface area (Å²) in [4.78, 5) is 3.80. The van der Waals surface area contributed by atoms with E-state index in [9.17, 15) is 8.42 Å². The van der Waals surface area contributed by atoms with Gasteiger partial charge in [-0.25, -0.2) is 18.5 Å². The summed E-state index contributed by atoms with van der Waals surface area (Å²) >= 11 is 0. The van der Waals surface area contributed by atoms with Gasteiger partial charge in [0.15, 0.2) is 0 Å². The van der Waals surface area contributed by atoms with Gasteiger partial charge in [0.2, 0.25) is 10.0 Å². The summed E-state index contributed by atoms with van der Waals surface area (Å²) in [6.07, 6.45) is 3.14. The van der Waals surface area contributed by atoms with Gasteiger partial charge in [0.25, 0.3) is 0 Å². The van der Waals surface area contributed by atoms with E-state index in [1.165, 1.54) is 6.33 Å². The summed E-state index contributed by atoms with van der Waals surface area (Å²) in [5, 5.41) is 4.80. The third kappa shape index (κ3) is 2.69. The van der Waals surface area contributed by atoms with Gasteiger partial charge in [-0.1, -0.05) is 0 Å². The van der Waals surface area contributed by atoms with E-state index in [-0.39, 0.29) is 5.75 Å². The zero-order valence-electron chi connectivity index (χ0n) is 6.06. The van der Waals surface area contributed by atoms with Crippen LogP contribution in [0.4, 0.5) is 0 Å². The lowest BCUT2D eigenvalue weighted by Gasteiger charge is -1.90. The molecule has 0 spiro atoms. The first-order valence-corrected chi connectivity index (χ1v) is 4.66. The van der Waals surface area contributed by atoms with Gasteiger partial charge >= 0.3 is 0 Å². The number of hydrogen-bond donors (Lipinski definition) is 1. The maximum atomic E-state index is 10.5. The number of nitrogens with zero attached hydrogens (tertiary/aromatic N) is 2. The highest BCUT2D eigenvalue weighted by Gasteiger charge is 2.06. The molecule has 0 unspecified atom stereocenters. The van der Waals surface area contributed by atoms with Gasteiger partial charge in [-0.15, -0.1) is 0 Å². The SMILES string of the molecule is Cn1cnc(CS(N)(=O)=O)c1. The van der Waals surface area contributed by atoms with E-state index in [1.807, 2.05) is 0 Å². The Labute approximate surface area is 64.9 Å². The quantitative estimate of drug-likeness (QED) is 0.639. The molecule has 0 aromatic carbocycles. The molecule has 11 heavy (non-hydrogen) atoms. The second-order valence-electron chi connectivity index (χ2n) is 2.34. The zero-order valence-corrected chi connectivity index (χ0v) is 6.87. The molecule has 0 radical (unpaired) electrons. The van der Waals surface area contributed by atoms with Crippen molar-refractivity contribution in [1.82, 2.24) is 9.55 Å². The standard InChI is InChI=1S/C5H9N3O2S/c1-8-2-5(7-4-8)3-11(6,9)10/h2,4H,3H2,1H3,(H2,6,9,10). The Balaban J connectivity index is 2.81. The smallest absolute Gasteiger partial charge is 0.214 e.